The Labute approximate surface area is 126 Å². The van der Waals surface area contributed by atoms with Crippen LogP contribution < -0.4 is 0 Å². The Hall–Kier alpha value is -0.710. The quantitative estimate of drug-likeness (QED) is 0.725. The van der Waals surface area contributed by atoms with Crippen molar-refractivity contribution in [2.24, 2.45) is 0 Å². The van der Waals surface area contributed by atoms with Crippen LogP contribution in [0.1, 0.15) is 12.0 Å². The molecule has 1 atom stereocenters. The lowest BCUT2D eigenvalue weighted by molar-refractivity contribution is -0.146. The van der Waals surface area contributed by atoms with Gasteiger partial charge in [0.15, 0.2) is 0 Å². The molecule has 5 heteroatoms. The number of benzene rings is 1. The first-order chi connectivity index (χ1) is 8.69. The van der Waals surface area contributed by atoms with Crippen molar-refractivity contribution in [3.05, 3.63) is 35.9 Å². The van der Waals surface area contributed by atoms with Gasteiger partial charge in [-0.1, -0.05) is 30.3 Å². The standard InChI is InChI=1S/C14H21NO2S.ClH/c1-15(11-12-7-5-4-6-8-12)13(9-10-18-3)14(16)17-2;/h4-8,13H,9-11H2,1-3H3;1H. The van der Waals surface area contributed by atoms with Crippen LogP contribution in [0.25, 0.3) is 0 Å². The summed E-state index contributed by atoms with van der Waals surface area (Å²) in [5, 5.41) is 0. The van der Waals surface area contributed by atoms with Crippen LogP contribution >= 0.6 is 24.2 Å². The molecule has 0 aliphatic carbocycles. The van der Waals surface area contributed by atoms with Crippen LogP contribution in [0.5, 0.6) is 0 Å². The number of hydrogen-bond donors (Lipinski definition) is 0. The highest BCUT2D eigenvalue weighted by Gasteiger charge is 2.23. The number of esters is 1. The Bertz CT molecular complexity index is 362. The molecule has 0 spiro atoms. The zero-order chi connectivity index (χ0) is 13.4. The summed E-state index contributed by atoms with van der Waals surface area (Å²) < 4.78 is 4.88. The van der Waals surface area contributed by atoms with E-state index in [-0.39, 0.29) is 24.4 Å². The van der Waals surface area contributed by atoms with Crippen LogP contribution in [0, 0.1) is 0 Å². The minimum Gasteiger partial charge on any atom is -0.468 e. The molecule has 0 heterocycles. The minimum atomic E-state index is -0.164. The average molecular weight is 304 g/mol. The summed E-state index contributed by atoms with van der Waals surface area (Å²) in [6, 6.07) is 9.99. The number of rotatable bonds is 7. The van der Waals surface area contributed by atoms with Gasteiger partial charge in [-0.2, -0.15) is 11.8 Å². The number of carbonyl (C=O) groups is 1. The smallest absolute Gasteiger partial charge is 0.323 e. The van der Waals surface area contributed by atoms with E-state index in [1.54, 1.807) is 11.8 Å². The van der Waals surface area contributed by atoms with Crippen molar-refractivity contribution in [3.63, 3.8) is 0 Å². The maximum atomic E-state index is 11.8. The molecule has 3 nitrogen and oxygen atoms in total. The average Bonchev–Trinajstić information content (AvgIpc) is 2.40. The molecule has 0 radical (unpaired) electrons. The van der Waals surface area contributed by atoms with E-state index in [0.29, 0.717) is 0 Å². The van der Waals surface area contributed by atoms with Gasteiger partial charge in [-0.3, -0.25) is 9.69 Å². The maximum Gasteiger partial charge on any atom is 0.323 e. The van der Waals surface area contributed by atoms with Crippen LogP contribution in [-0.2, 0) is 16.1 Å². The fraction of sp³-hybridized carbons (Fsp3) is 0.500. The molecule has 1 aromatic carbocycles. The molecule has 1 aromatic rings. The van der Waals surface area contributed by atoms with Gasteiger partial charge >= 0.3 is 5.97 Å². The van der Waals surface area contributed by atoms with E-state index in [1.165, 1.54) is 12.7 Å². The van der Waals surface area contributed by atoms with Crippen molar-refractivity contribution >= 4 is 30.1 Å². The van der Waals surface area contributed by atoms with Gasteiger partial charge in [0, 0.05) is 6.54 Å². The van der Waals surface area contributed by atoms with Gasteiger partial charge < -0.3 is 4.74 Å². The monoisotopic (exact) mass is 303 g/mol. The summed E-state index contributed by atoms with van der Waals surface area (Å²) in [6.07, 6.45) is 2.86. The van der Waals surface area contributed by atoms with Gasteiger partial charge in [-0.15, -0.1) is 12.4 Å². The van der Waals surface area contributed by atoms with Crippen molar-refractivity contribution < 1.29 is 9.53 Å². The van der Waals surface area contributed by atoms with E-state index in [1.807, 2.05) is 31.5 Å². The van der Waals surface area contributed by atoms with Gasteiger partial charge in [0.25, 0.3) is 0 Å². The third-order valence-electron chi connectivity index (χ3n) is 2.88. The van der Waals surface area contributed by atoms with Crippen molar-refractivity contribution in [3.8, 4) is 0 Å². The molecule has 0 saturated heterocycles. The molecule has 0 fully saturated rings. The summed E-state index contributed by atoms with van der Waals surface area (Å²) in [4.78, 5) is 13.8. The molecule has 0 aromatic heterocycles. The number of carbonyl (C=O) groups excluding carboxylic acids is 1. The van der Waals surface area contributed by atoms with Gasteiger partial charge in [0.1, 0.15) is 6.04 Å². The van der Waals surface area contributed by atoms with Crippen molar-refractivity contribution in [2.45, 2.75) is 19.0 Å². The van der Waals surface area contributed by atoms with Gasteiger partial charge in [0.05, 0.1) is 7.11 Å². The first-order valence-corrected chi connectivity index (χ1v) is 7.39. The second-order valence-electron chi connectivity index (χ2n) is 4.22. The predicted molar refractivity (Wildman–Crippen MR) is 84.0 cm³/mol. The predicted octanol–water partition coefficient (Wildman–Crippen LogP) is 2.83. The molecule has 108 valence electrons. The zero-order valence-electron chi connectivity index (χ0n) is 11.7. The normalized spacial score (nSPS) is 11.8. The molecule has 0 N–H and O–H groups in total. The van der Waals surface area contributed by atoms with Crippen LogP contribution in [0.15, 0.2) is 30.3 Å². The van der Waals surface area contributed by atoms with E-state index in [2.05, 4.69) is 17.0 Å². The van der Waals surface area contributed by atoms with E-state index in [0.717, 1.165) is 18.7 Å². The number of methoxy groups -OCH3 is 1. The zero-order valence-corrected chi connectivity index (χ0v) is 13.3. The lowest BCUT2D eigenvalue weighted by atomic mass is 10.1. The third kappa shape index (κ3) is 6.32. The third-order valence-corrected chi connectivity index (χ3v) is 3.52. The molecule has 1 unspecified atom stereocenters. The Balaban J connectivity index is 0.00000324. The number of ether oxygens (including phenoxy) is 1. The Morgan fingerprint density at radius 1 is 1.37 bits per heavy atom. The summed E-state index contributed by atoms with van der Waals surface area (Å²) in [5.74, 6) is 0.807. The largest absolute Gasteiger partial charge is 0.468 e. The van der Waals surface area contributed by atoms with Crippen molar-refractivity contribution in [1.82, 2.24) is 4.90 Å². The van der Waals surface area contributed by atoms with Gasteiger partial charge in [0.2, 0.25) is 0 Å². The molecule has 0 aliphatic heterocycles. The van der Waals surface area contributed by atoms with Crippen LogP contribution in [0.2, 0.25) is 0 Å². The van der Waals surface area contributed by atoms with Crippen LogP contribution in [0.4, 0.5) is 0 Å². The molecular weight excluding hydrogens is 282 g/mol. The Morgan fingerprint density at radius 3 is 2.53 bits per heavy atom. The Kier molecular flexibility index (Phi) is 9.74. The fourth-order valence-electron chi connectivity index (χ4n) is 1.87. The fourth-order valence-corrected chi connectivity index (χ4v) is 2.32. The Morgan fingerprint density at radius 2 is 2.00 bits per heavy atom. The van der Waals surface area contributed by atoms with E-state index in [4.69, 9.17) is 4.74 Å². The topological polar surface area (TPSA) is 29.5 Å². The summed E-state index contributed by atoms with van der Waals surface area (Å²) in [6.45, 7) is 0.759. The van der Waals surface area contributed by atoms with Crippen LogP contribution in [-0.4, -0.2) is 43.1 Å². The molecular formula is C14H22ClNO2S. The number of nitrogens with zero attached hydrogens (tertiary/aromatic N) is 1. The van der Waals surface area contributed by atoms with E-state index in [9.17, 15) is 4.79 Å². The second-order valence-corrected chi connectivity index (χ2v) is 5.21. The SMILES string of the molecule is COC(=O)C(CCSC)N(C)Cc1ccccc1.Cl. The maximum absolute atomic E-state index is 11.8. The number of likely N-dealkylation sites (N-methyl/N-ethyl adjacent to an activating group) is 1. The lowest BCUT2D eigenvalue weighted by Crippen LogP contribution is -2.39. The molecule has 0 saturated carbocycles. The molecule has 0 amide bonds. The molecule has 1 rings (SSSR count). The summed E-state index contributed by atoms with van der Waals surface area (Å²) in [7, 11) is 3.42. The number of halogens is 1. The van der Waals surface area contributed by atoms with E-state index < -0.39 is 0 Å². The highest BCUT2D eigenvalue weighted by molar-refractivity contribution is 7.98. The molecule has 0 bridgehead atoms. The van der Waals surface area contributed by atoms with Gasteiger partial charge in [-0.05, 0) is 31.0 Å². The number of thioether (sulfide) groups is 1. The van der Waals surface area contributed by atoms with E-state index >= 15 is 0 Å². The second kappa shape index (κ2) is 10.1. The first kappa shape index (κ1) is 18.3. The highest BCUT2D eigenvalue weighted by atomic mass is 35.5. The molecule has 0 aliphatic rings. The number of hydrogen-bond acceptors (Lipinski definition) is 4. The summed E-state index contributed by atoms with van der Waals surface area (Å²) >= 11 is 1.75. The first-order valence-electron chi connectivity index (χ1n) is 6.00. The van der Waals surface area contributed by atoms with Crippen LogP contribution in [0.3, 0.4) is 0 Å². The van der Waals surface area contributed by atoms with Crippen molar-refractivity contribution in [1.29, 1.82) is 0 Å². The lowest BCUT2D eigenvalue weighted by Gasteiger charge is -2.25. The van der Waals surface area contributed by atoms with Gasteiger partial charge in [-0.25, -0.2) is 0 Å². The summed E-state index contributed by atoms with van der Waals surface area (Å²) in [5.41, 5.74) is 1.21. The minimum absolute atomic E-state index is 0. The molecule has 19 heavy (non-hydrogen) atoms. The van der Waals surface area contributed by atoms with Crippen molar-refractivity contribution in [2.75, 3.05) is 26.2 Å². The highest BCUT2D eigenvalue weighted by Crippen LogP contribution is 2.12.